The zero-order valence-electron chi connectivity index (χ0n) is 17.3. The maximum Gasteiger partial charge on any atom is 0.251 e. The molecule has 0 unspecified atom stereocenters. The maximum absolute atomic E-state index is 12.8. The molecule has 1 atom stereocenters. The third-order valence-corrected chi connectivity index (χ3v) is 7.10. The SMILES string of the molecule is COCC(=O)N(CC(=O)Nc1sc2c(c1C(N)=O)CC[C@H](C)C2)C1CCCCC1. The molecule has 0 saturated heterocycles. The van der Waals surface area contributed by atoms with Gasteiger partial charge in [0.05, 0.1) is 5.56 Å². The van der Waals surface area contributed by atoms with Gasteiger partial charge in [0.25, 0.3) is 5.91 Å². The van der Waals surface area contributed by atoms with Crippen molar-refractivity contribution in [1.29, 1.82) is 0 Å². The number of primary amides is 1. The number of anilines is 1. The zero-order chi connectivity index (χ0) is 21.0. The second-order valence-electron chi connectivity index (χ2n) is 8.21. The third-order valence-electron chi connectivity index (χ3n) is 5.93. The number of nitrogens with one attached hydrogen (secondary N) is 1. The van der Waals surface area contributed by atoms with Gasteiger partial charge in [-0.2, -0.15) is 0 Å². The summed E-state index contributed by atoms with van der Waals surface area (Å²) in [4.78, 5) is 40.2. The Balaban J connectivity index is 1.76. The molecule has 0 bridgehead atoms. The minimum atomic E-state index is -0.507. The molecule has 1 aromatic rings. The van der Waals surface area contributed by atoms with Crippen molar-refractivity contribution in [2.24, 2.45) is 11.7 Å². The molecule has 8 heteroatoms. The van der Waals surface area contributed by atoms with Crippen molar-refractivity contribution in [3.63, 3.8) is 0 Å². The van der Waals surface area contributed by atoms with Crippen LogP contribution in [0.1, 0.15) is 66.2 Å². The molecule has 0 aliphatic heterocycles. The van der Waals surface area contributed by atoms with E-state index in [4.69, 9.17) is 10.5 Å². The highest BCUT2D eigenvalue weighted by molar-refractivity contribution is 7.17. The van der Waals surface area contributed by atoms with Crippen LogP contribution < -0.4 is 11.1 Å². The summed E-state index contributed by atoms with van der Waals surface area (Å²) >= 11 is 1.44. The summed E-state index contributed by atoms with van der Waals surface area (Å²) in [5.41, 5.74) is 7.06. The molecule has 2 aliphatic carbocycles. The molecule has 3 N–H and O–H groups in total. The lowest BCUT2D eigenvalue weighted by Gasteiger charge is -2.33. The number of nitrogens with two attached hydrogens (primary N) is 1. The molecule has 1 saturated carbocycles. The van der Waals surface area contributed by atoms with Crippen LogP contribution in [0.2, 0.25) is 0 Å². The van der Waals surface area contributed by atoms with Crippen LogP contribution in [0.15, 0.2) is 0 Å². The summed E-state index contributed by atoms with van der Waals surface area (Å²) in [7, 11) is 1.48. The van der Waals surface area contributed by atoms with Crippen LogP contribution in [-0.2, 0) is 27.2 Å². The van der Waals surface area contributed by atoms with Gasteiger partial charge in [0.2, 0.25) is 11.8 Å². The van der Waals surface area contributed by atoms with Gasteiger partial charge >= 0.3 is 0 Å². The van der Waals surface area contributed by atoms with Gasteiger partial charge in [-0.3, -0.25) is 14.4 Å². The van der Waals surface area contributed by atoms with Crippen molar-refractivity contribution in [2.45, 2.75) is 64.3 Å². The van der Waals surface area contributed by atoms with E-state index in [0.717, 1.165) is 61.8 Å². The van der Waals surface area contributed by atoms with E-state index >= 15 is 0 Å². The first-order chi connectivity index (χ1) is 13.9. The van der Waals surface area contributed by atoms with E-state index in [9.17, 15) is 14.4 Å². The van der Waals surface area contributed by atoms with Gasteiger partial charge < -0.3 is 20.7 Å². The summed E-state index contributed by atoms with van der Waals surface area (Å²) < 4.78 is 5.01. The standard InChI is InChI=1S/C21H31N3O4S/c1-13-8-9-15-16(10-13)29-21(19(15)20(22)27)23-17(25)11-24(18(26)12-28-2)14-6-4-3-5-7-14/h13-14H,3-12H2,1-2H3,(H2,22,27)(H,23,25)/t13-/m0/s1. The van der Waals surface area contributed by atoms with Crippen molar-refractivity contribution in [3.05, 3.63) is 16.0 Å². The number of amides is 3. The number of rotatable bonds is 7. The van der Waals surface area contributed by atoms with Crippen molar-refractivity contribution >= 4 is 34.1 Å². The second-order valence-corrected chi connectivity index (χ2v) is 9.32. The maximum atomic E-state index is 12.8. The van der Waals surface area contributed by atoms with Crippen molar-refractivity contribution < 1.29 is 19.1 Å². The lowest BCUT2D eigenvalue weighted by Crippen LogP contribution is -2.47. The molecular formula is C21H31N3O4S. The summed E-state index contributed by atoms with van der Waals surface area (Å²) in [5, 5.41) is 3.39. The van der Waals surface area contributed by atoms with Crippen molar-refractivity contribution in [1.82, 2.24) is 4.90 Å². The van der Waals surface area contributed by atoms with E-state index in [2.05, 4.69) is 12.2 Å². The monoisotopic (exact) mass is 421 g/mol. The van der Waals surface area contributed by atoms with Crippen LogP contribution in [0, 0.1) is 5.92 Å². The van der Waals surface area contributed by atoms with Crippen LogP contribution in [-0.4, -0.2) is 48.9 Å². The summed E-state index contributed by atoms with van der Waals surface area (Å²) in [6.45, 7) is 2.11. The van der Waals surface area contributed by atoms with Crippen LogP contribution in [0.5, 0.6) is 0 Å². The van der Waals surface area contributed by atoms with Gasteiger partial charge in [0, 0.05) is 18.0 Å². The van der Waals surface area contributed by atoms with Crippen LogP contribution in [0.25, 0.3) is 0 Å². The Morgan fingerprint density at radius 2 is 1.93 bits per heavy atom. The predicted molar refractivity (Wildman–Crippen MR) is 113 cm³/mol. The Labute approximate surface area is 176 Å². The Hall–Kier alpha value is -1.93. The van der Waals surface area contributed by atoms with Crippen LogP contribution in [0.3, 0.4) is 0 Å². The average molecular weight is 422 g/mol. The van der Waals surface area contributed by atoms with E-state index in [0.29, 0.717) is 16.5 Å². The first-order valence-electron chi connectivity index (χ1n) is 10.4. The largest absolute Gasteiger partial charge is 0.375 e. The molecule has 1 fully saturated rings. The van der Waals surface area contributed by atoms with Crippen molar-refractivity contribution in [3.8, 4) is 0 Å². The first kappa shape index (κ1) is 21.8. The van der Waals surface area contributed by atoms with Gasteiger partial charge in [-0.15, -0.1) is 11.3 Å². The number of carbonyl (C=O) groups is 3. The quantitative estimate of drug-likeness (QED) is 0.707. The molecule has 7 nitrogen and oxygen atoms in total. The third kappa shape index (κ3) is 5.17. The fraction of sp³-hybridized carbons (Fsp3) is 0.667. The molecule has 3 rings (SSSR count). The fourth-order valence-electron chi connectivity index (χ4n) is 4.44. The van der Waals surface area contributed by atoms with E-state index in [-0.39, 0.29) is 31.0 Å². The van der Waals surface area contributed by atoms with E-state index < -0.39 is 5.91 Å². The van der Waals surface area contributed by atoms with Gasteiger partial charge in [-0.05, 0) is 43.6 Å². The average Bonchev–Trinajstić information content (AvgIpc) is 3.03. The number of carbonyl (C=O) groups excluding carboxylic acids is 3. The molecule has 29 heavy (non-hydrogen) atoms. The second kappa shape index (κ2) is 9.71. The summed E-state index contributed by atoms with van der Waals surface area (Å²) in [6, 6.07) is 0.0603. The van der Waals surface area contributed by atoms with Gasteiger partial charge in [-0.1, -0.05) is 26.2 Å². The Bertz CT molecular complexity index is 770. The highest BCUT2D eigenvalue weighted by Gasteiger charge is 2.30. The number of hydrogen-bond donors (Lipinski definition) is 2. The molecule has 0 spiro atoms. The lowest BCUT2D eigenvalue weighted by molar-refractivity contribution is -0.141. The fourth-order valence-corrected chi connectivity index (χ4v) is 5.87. The number of fused-ring (bicyclic) bond motifs is 1. The van der Waals surface area contributed by atoms with Crippen LogP contribution in [0.4, 0.5) is 5.00 Å². The van der Waals surface area contributed by atoms with Crippen molar-refractivity contribution in [2.75, 3.05) is 25.6 Å². The minimum Gasteiger partial charge on any atom is -0.375 e. The molecule has 1 heterocycles. The smallest absolute Gasteiger partial charge is 0.251 e. The summed E-state index contributed by atoms with van der Waals surface area (Å²) in [5.74, 6) is -0.427. The number of ether oxygens (including phenoxy) is 1. The van der Waals surface area contributed by atoms with Gasteiger partial charge in [-0.25, -0.2) is 0 Å². The molecular weight excluding hydrogens is 390 g/mol. The number of methoxy groups -OCH3 is 1. The topological polar surface area (TPSA) is 102 Å². The highest BCUT2D eigenvalue weighted by atomic mass is 32.1. The minimum absolute atomic E-state index is 0.0377. The molecule has 1 aromatic heterocycles. The van der Waals surface area contributed by atoms with E-state index in [1.54, 1.807) is 4.90 Å². The van der Waals surface area contributed by atoms with Gasteiger partial charge in [0.1, 0.15) is 18.2 Å². The molecule has 2 aliphatic rings. The van der Waals surface area contributed by atoms with E-state index in [1.165, 1.54) is 18.4 Å². The predicted octanol–water partition coefficient (Wildman–Crippen LogP) is 2.72. The van der Waals surface area contributed by atoms with Gasteiger partial charge in [0.15, 0.2) is 0 Å². The molecule has 0 radical (unpaired) electrons. The normalized spacial score (nSPS) is 19.4. The Kier molecular flexibility index (Phi) is 7.29. The first-order valence-corrected chi connectivity index (χ1v) is 11.2. The number of thiophene rings is 1. The lowest BCUT2D eigenvalue weighted by atomic mass is 9.88. The summed E-state index contributed by atoms with van der Waals surface area (Å²) in [6.07, 6.45) is 7.81. The molecule has 0 aromatic carbocycles. The Morgan fingerprint density at radius 1 is 1.21 bits per heavy atom. The molecule has 160 valence electrons. The van der Waals surface area contributed by atoms with Crippen LogP contribution >= 0.6 is 11.3 Å². The Morgan fingerprint density at radius 3 is 2.59 bits per heavy atom. The number of hydrogen-bond acceptors (Lipinski definition) is 5. The zero-order valence-corrected chi connectivity index (χ0v) is 18.1. The van der Waals surface area contributed by atoms with E-state index in [1.807, 2.05) is 0 Å². The number of nitrogens with zero attached hydrogens (tertiary/aromatic N) is 1. The molecule has 3 amide bonds. The highest BCUT2D eigenvalue weighted by Crippen LogP contribution is 2.39.